The first kappa shape index (κ1) is 10.4. The minimum absolute atomic E-state index is 0.558. The predicted molar refractivity (Wildman–Crippen MR) is 62.6 cm³/mol. The van der Waals surface area contributed by atoms with E-state index in [9.17, 15) is 0 Å². The van der Waals surface area contributed by atoms with Gasteiger partial charge in [0.1, 0.15) is 5.82 Å². The molecule has 0 amide bonds. The normalized spacial score (nSPS) is 17.7. The predicted octanol–water partition coefficient (Wildman–Crippen LogP) is 2.28. The van der Waals surface area contributed by atoms with E-state index in [1.54, 1.807) is 0 Å². The first-order valence-corrected chi connectivity index (χ1v) is 5.80. The Morgan fingerprint density at radius 3 is 2.87 bits per heavy atom. The Hall–Kier alpha value is -1.09. The highest BCUT2D eigenvalue weighted by Crippen LogP contribution is 2.22. The summed E-state index contributed by atoms with van der Waals surface area (Å²) in [6, 6.07) is 4.57. The van der Waals surface area contributed by atoms with E-state index in [-0.39, 0.29) is 0 Å². The van der Waals surface area contributed by atoms with Crippen molar-refractivity contribution < 1.29 is 0 Å². The Kier molecular flexibility index (Phi) is 3.56. The van der Waals surface area contributed by atoms with Crippen molar-refractivity contribution >= 4 is 5.82 Å². The Morgan fingerprint density at radius 1 is 1.33 bits per heavy atom. The highest BCUT2D eigenvalue weighted by molar-refractivity contribution is 5.44. The molecule has 0 bridgehead atoms. The van der Waals surface area contributed by atoms with Crippen LogP contribution in [0.15, 0.2) is 18.3 Å². The number of pyridine rings is 1. The fraction of sp³-hybridized carbons (Fsp3) is 0.583. The third-order valence-corrected chi connectivity index (χ3v) is 3.06. The van der Waals surface area contributed by atoms with E-state index >= 15 is 0 Å². The number of nitrogens with zero attached hydrogens (tertiary/aromatic N) is 1. The highest BCUT2D eigenvalue weighted by atomic mass is 15.0. The van der Waals surface area contributed by atoms with Crippen LogP contribution in [0.2, 0.25) is 0 Å². The van der Waals surface area contributed by atoms with Crippen molar-refractivity contribution in [3.05, 3.63) is 23.9 Å². The van der Waals surface area contributed by atoms with Gasteiger partial charge in [-0.25, -0.2) is 4.98 Å². The third kappa shape index (κ3) is 2.69. The summed E-state index contributed by atoms with van der Waals surface area (Å²) in [6.07, 6.45) is 8.40. The zero-order chi connectivity index (χ0) is 10.5. The summed E-state index contributed by atoms with van der Waals surface area (Å²) in [7, 11) is 0. The van der Waals surface area contributed by atoms with Gasteiger partial charge in [0.25, 0.3) is 0 Å². The summed E-state index contributed by atoms with van der Waals surface area (Å²) in [5, 5.41) is 3.51. The van der Waals surface area contributed by atoms with Gasteiger partial charge in [0.15, 0.2) is 0 Å². The summed E-state index contributed by atoms with van der Waals surface area (Å²) in [6.45, 7) is 0.558. The molecule has 3 heteroatoms. The van der Waals surface area contributed by atoms with Gasteiger partial charge in [-0.1, -0.05) is 25.3 Å². The molecule has 0 radical (unpaired) electrons. The molecule has 1 saturated carbocycles. The molecule has 0 saturated heterocycles. The minimum atomic E-state index is 0.558. The summed E-state index contributed by atoms with van der Waals surface area (Å²) < 4.78 is 0. The molecule has 1 heterocycles. The van der Waals surface area contributed by atoms with Gasteiger partial charge in [-0.05, 0) is 18.9 Å². The van der Waals surface area contributed by atoms with Crippen molar-refractivity contribution in [1.29, 1.82) is 0 Å². The van der Waals surface area contributed by atoms with Crippen LogP contribution in [-0.4, -0.2) is 11.0 Å². The number of nitrogens with two attached hydrogens (primary N) is 1. The second-order valence-corrected chi connectivity index (χ2v) is 4.19. The van der Waals surface area contributed by atoms with E-state index in [1.807, 2.05) is 18.3 Å². The molecule has 1 fully saturated rings. The second-order valence-electron chi connectivity index (χ2n) is 4.19. The van der Waals surface area contributed by atoms with Crippen LogP contribution in [0.4, 0.5) is 5.82 Å². The van der Waals surface area contributed by atoms with Crippen molar-refractivity contribution in [2.45, 2.75) is 44.7 Å². The molecule has 3 nitrogen and oxygen atoms in total. The average molecular weight is 205 g/mol. The Balaban J connectivity index is 2.02. The molecule has 3 N–H and O–H groups in total. The van der Waals surface area contributed by atoms with E-state index in [1.165, 1.54) is 32.1 Å². The number of aromatic nitrogens is 1. The van der Waals surface area contributed by atoms with Gasteiger partial charge >= 0.3 is 0 Å². The molecule has 0 aliphatic heterocycles. The molecule has 1 aromatic heterocycles. The maximum atomic E-state index is 5.68. The van der Waals surface area contributed by atoms with Crippen LogP contribution < -0.4 is 11.1 Å². The average Bonchev–Trinajstić information content (AvgIpc) is 2.31. The van der Waals surface area contributed by atoms with Gasteiger partial charge in [0, 0.05) is 24.3 Å². The first-order chi connectivity index (χ1) is 7.40. The fourth-order valence-electron chi connectivity index (χ4n) is 2.17. The Morgan fingerprint density at radius 2 is 2.13 bits per heavy atom. The molecule has 0 spiro atoms. The van der Waals surface area contributed by atoms with Crippen molar-refractivity contribution in [2.24, 2.45) is 5.73 Å². The molecule has 1 aliphatic carbocycles. The standard InChI is InChI=1S/C12H19N3/c13-9-10-5-4-8-14-12(10)15-11-6-2-1-3-7-11/h4-5,8,11H,1-3,6-7,9,13H2,(H,14,15). The second kappa shape index (κ2) is 5.12. The summed E-state index contributed by atoms with van der Waals surface area (Å²) >= 11 is 0. The van der Waals surface area contributed by atoms with Crippen LogP contribution in [0.5, 0.6) is 0 Å². The molecule has 0 atom stereocenters. The van der Waals surface area contributed by atoms with Crippen molar-refractivity contribution in [2.75, 3.05) is 5.32 Å². The summed E-state index contributed by atoms with van der Waals surface area (Å²) in [5.74, 6) is 0.979. The topological polar surface area (TPSA) is 50.9 Å². The number of rotatable bonds is 3. The lowest BCUT2D eigenvalue weighted by Gasteiger charge is -2.24. The van der Waals surface area contributed by atoms with Crippen LogP contribution in [0, 0.1) is 0 Å². The fourth-order valence-corrected chi connectivity index (χ4v) is 2.17. The monoisotopic (exact) mass is 205 g/mol. The van der Waals surface area contributed by atoms with Gasteiger partial charge in [-0.3, -0.25) is 0 Å². The molecule has 82 valence electrons. The van der Waals surface area contributed by atoms with Gasteiger partial charge in [-0.2, -0.15) is 0 Å². The van der Waals surface area contributed by atoms with Gasteiger partial charge in [0.2, 0.25) is 0 Å². The number of nitrogens with one attached hydrogen (secondary N) is 1. The molecule has 1 aromatic rings. The number of hydrogen-bond donors (Lipinski definition) is 2. The number of hydrogen-bond acceptors (Lipinski definition) is 3. The zero-order valence-corrected chi connectivity index (χ0v) is 9.08. The molecular formula is C12H19N3. The first-order valence-electron chi connectivity index (χ1n) is 5.80. The minimum Gasteiger partial charge on any atom is -0.367 e. The van der Waals surface area contributed by atoms with E-state index in [4.69, 9.17) is 5.73 Å². The maximum Gasteiger partial charge on any atom is 0.130 e. The van der Waals surface area contributed by atoms with E-state index < -0.39 is 0 Å². The van der Waals surface area contributed by atoms with Crippen molar-refractivity contribution in [1.82, 2.24) is 4.98 Å². The van der Waals surface area contributed by atoms with Gasteiger partial charge in [0.05, 0.1) is 0 Å². The molecular weight excluding hydrogens is 186 g/mol. The SMILES string of the molecule is NCc1cccnc1NC1CCCCC1. The Bertz CT molecular complexity index is 305. The van der Waals surface area contributed by atoms with E-state index in [0.717, 1.165) is 11.4 Å². The molecule has 2 rings (SSSR count). The van der Waals surface area contributed by atoms with Crippen LogP contribution in [-0.2, 0) is 6.54 Å². The van der Waals surface area contributed by atoms with Crippen LogP contribution >= 0.6 is 0 Å². The molecule has 0 unspecified atom stereocenters. The molecule has 15 heavy (non-hydrogen) atoms. The molecule has 1 aliphatic rings. The quantitative estimate of drug-likeness (QED) is 0.796. The zero-order valence-electron chi connectivity index (χ0n) is 9.08. The number of anilines is 1. The maximum absolute atomic E-state index is 5.68. The van der Waals surface area contributed by atoms with Crippen molar-refractivity contribution in [3.63, 3.8) is 0 Å². The van der Waals surface area contributed by atoms with E-state index in [0.29, 0.717) is 12.6 Å². The van der Waals surface area contributed by atoms with Gasteiger partial charge < -0.3 is 11.1 Å². The van der Waals surface area contributed by atoms with Crippen LogP contribution in [0.25, 0.3) is 0 Å². The van der Waals surface area contributed by atoms with Gasteiger partial charge in [-0.15, -0.1) is 0 Å². The van der Waals surface area contributed by atoms with Crippen LogP contribution in [0.1, 0.15) is 37.7 Å². The van der Waals surface area contributed by atoms with Crippen LogP contribution in [0.3, 0.4) is 0 Å². The lowest BCUT2D eigenvalue weighted by Crippen LogP contribution is -2.23. The Labute approximate surface area is 91.1 Å². The van der Waals surface area contributed by atoms with Crippen molar-refractivity contribution in [3.8, 4) is 0 Å². The summed E-state index contributed by atoms with van der Waals surface area (Å²) in [5.41, 5.74) is 6.79. The smallest absolute Gasteiger partial charge is 0.130 e. The van der Waals surface area contributed by atoms with E-state index in [2.05, 4.69) is 10.3 Å². The highest BCUT2D eigenvalue weighted by Gasteiger charge is 2.14. The summed E-state index contributed by atoms with van der Waals surface area (Å²) in [4.78, 5) is 4.35. The molecule has 0 aromatic carbocycles. The lowest BCUT2D eigenvalue weighted by atomic mass is 9.95. The largest absolute Gasteiger partial charge is 0.367 e. The lowest BCUT2D eigenvalue weighted by molar-refractivity contribution is 0.461. The third-order valence-electron chi connectivity index (χ3n) is 3.06.